The van der Waals surface area contributed by atoms with Crippen LogP contribution in [0.1, 0.15) is 47.9 Å². The third-order valence-corrected chi connectivity index (χ3v) is 12.1. The van der Waals surface area contributed by atoms with Crippen LogP contribution in [0.5, 0.6) is 0 Å². The number of nitrogens with zero attached hydrogens (tertiary/aromatic N) is 1. The lowest BCUT2D eigenvalue weighted by molar-refractivity contribution is 0.670. The monoisotopic (exact) mass is 757 g/mol. The summed E-state index contributed by atoms with van der Waals surface area (Å²) in [6, 6.07) is 39.3. The maximum atomic E-state index is 3.57. The van der Waals surface area contributed by atoms with Crippen molar-refractivity contribution < 1.29 is 0 Å². The van der Waals surface area contributed by atoms with Gasteiger partial charge in [-0.1, -0.05) is 76.3 Å². The first-order valence-corrected chi connectivity index (χ1v) is 19.0. The van der Waals surface area contributed by atoms with Crippen LogP contribution in [0.3, 0.4) is 0 Å². The molecule has 0 fully saturated rings. The summed E-state index contributed by atoms with van der Waals surface area (Å²) in [6.45, 7) is 2.27. The number of unbranched alkanes of at least 4 members (excludes halogenated alkanes) is 3. The summed E-state index contributed by atoms with van der Waals surface area (Å²) in [4.78, 5) is 10.5. The van der Waals surface area contributed by atoms with Crippen molar-refractivity contribution in [2.45, 2.75) is 39.0 Å². The summed E-state index contributed by atoms with van der Waals surface area (Å²) in [7, 11) is 0. The topological polar surface area (TPSA) is 3.24 Å². The molecule has 6 aromatic rings. The molecule has 0 aliphatic rings. The van der Waals surface area contributed by atoms with E-state index in [2.05, 4.69) is 165 Å². The second kappa shape index (κ2) is 15.0. The van der Waals surface area contributed by atoms with Crippen molar-refractivity contribution in [2.24, 2.45) is 0 Å². The highest BCUT2D eigenvalue weighted by molar-refractivity contribution is 9.10. The molecular weight excluding hydrogens is 726 g/mol. The number of hydrogen-bond acceptors (Lipinski definition) is 4. The lowest BCUT2D eigenvalue weighted by Crippen LogP contribution is -2.09. The van der Waals surface area contributed by atoms with Crippen LogP contribution >= 0.6 is 65.9 Å². The Labute approximate surface area is 289 Å². The molecule has 3 heterocycles. The number of benzene rings is 3. The van der Waals surface area contributed by atoms with Gasteiger partial charge in [0.2, 0.25) is 0 Å². The van der Waals surface area contributed by atoms with Gasteiger partial charge in [0.15, 0.2) is 0 Å². The summed E-state index contributed by atoms with van der Waals surface area (Å²) in [5, 5.41) is 0. The quantitative estimate of drug-likeness (QED) is 0.112. The fourth-order valence-electron chi connectivity index (χ4n) is 5.09. The predicted molar refractivity (Wildman–Crippen MR) is 204 cm³/mol. The normalized spacial score (nSPS) is 11.4. The van der Waals surface area contributed by atoms with Gasteiger partial charge in [0.1, 0.15) is 0 Å². The van der Waals surface area contributed by atoms with Crippen molar-refractivity contribution in [1.82, 2.24) is 0 Å². The third kappa shape index (κ3) is 7.91. The largest absolute Gasteiger partial charge is 0.311 e. The van der Waals surface area contributed by atoms with Gasteiger partial charge in [-0.25, -0.2) is 0 Å². The van der Waals surface area contributed by atoms with Crippen molar-refractivity contribution in [3.8, 4) is 19.5 Å². The van der Waals surface area contributed by atoms with Crippen LogP contribution in [0.2, 0.25) is 0 Å². The Hall–Kier alpha value is -2.74. The molecule has 3 aromatic carbocycles. The Bertz CT molecular complexity index is 1760. The minimum Gasteiger partial charge on any atom is -0.311 e. The molecule has 0 bridgehead atoms. The Morgan fingerprint density at radius 3 is 1.66 bits per heavy atom. The first kappa shape index (κ1) is 31.3. The molecule has 1 nitrogen and oxygen atoms in total. The molecule has 0 aliphatic heterocycles. The summed E-state index contributed by atoms with van der Waals surface area (Å²) in [6.07, 6.45) is 10.9. The van der Waals surface area contributed by atoms with E-state index in [4.69, 9.17) is 0 Å². The van der Waals surface area contributed by atoms with Gasteiger partial charge in [0.25, 0.3) is 0 Å². The summed E-state index contributed by atoms with van der Waals surface area (Å²) < 4.78 is 2.14. The number of thiophene rings is 3. The fraction of sp³-hybridized carbons (Fsp3) is 0.158. The van der Waals surface area contributed by atoms with Crippen LogP contribution in [0.25, 0.3) is 31.7 Å². The van der Waals surface area contributed by atoms with E-state index in [1.165, 1.54) is 66.9 Å². The van der Waals surface area contributed by atoms with Crippen molar-refractivity contribution >= 4 is 95.1 Å². The van der Waals surface area contributed by atoms with Gasteiger partial charge in [0.05, 0.1) is 0 Å². The number of anilines is 3. The Morgan fingerprint density at radius 1 is 0.523 bits per heavy atom. The highest BCUT2D eigenvalue weighted by Crippen LogP contribution is 2.41. The predicted octanol–water partition coefficient (Wildman–Crippen LogP) is 14.5. The SMILES string of the molecule is CCCCCCc1ccc(-c2ccc(-c3ccc(/C=C/c4ccc(N(c5ccc(Br)cc5)c5ccc(Br)cc5)cc4)s3)s2)s1. The van der Waals surface area contributed by atoms with Crippen LogP contribution in [-0.4, -0.2) is 0 Å². The van der Waals surface area contributed by atoms with E-state index in [9.17, 15) is 0 Å². The van der Waals surface area contributed by atoms with Crippen molar-refractivity contribution in [2.75, 3.05) is 4.90 Å². The molecular formula is C38H33Br2NS3. The van der Waals surface area contributed by atoms with E-state index in [0.29, 0.717) is 0 Å². The van der Waals surface area contributed by atoms with Gasteiger partial charge in [0, 0.05) is 55.3 Å². The van der Waals surface area contributed by atoms with Gasteiger partial charge >= 0.3 is 0 Å². The van der Waals surface area contributed by atoms with Gasteiger partial charge in [-0.15, -0.1) is 34.0 Å². The van der Waals surface area contributed by atoms with Gasteiger partial charge in [-0.3, -0.25) is 0 Å². The molecule has 0 spiro atoms. The smallest absolute Gasteiger partial charge is 0.0462 e. The van der Waals surface area contributed by atoms with E-state index in [0.717, 1.165) is 26.0 Å². The minimum atomic E-state index is 1.07. The van der Waals surface area contributed by atoms with Crippen molar-refractivity contribution in [3.05, 3.63) is 133 Å². The first-order chi connectivity index (χ1) is 21.6. The Kier molecular flexibility index (Phi) is 10.7. The average molecular weight is 760 g/mol. The lowest BCUT2D eigenvalue weighted by Gasteiger charge is -2.25. The second-order valence-corrected chi connectivity index (χ2v) is 15.9. The molecule has 0 amide bonds. The lowest BCUT2D eigenvalue weighted by atomic mass is 10.1. The molecule has 222 valence electrons. The molecule has 44 heavy (non-hydrogen) atoms. The molecule has 0 radical (unpaired) electrons. The Morgan fingerprint density at radius 2 is 1.05 bits per heavy atom. The maximum Gasteiger partial charge on any atom is 0.0462 e. The number of hydrogen-bond donors (Lipinski definition) is 0. The van der Waals surface area contributed by atoms with Crippen LogP contribution < -0.4 is 4.90 Å². The molecule has 6 rings (SSSR count). The first-order valence-electron chi connectivity index (χ1n) is 14.9. The second-order valence-electron chi connectivity index (χ2n) is 10.7. The van der Waals surface area contributed by atoms with Crippen molar-refractivity contribution in [3.63, 3.8) is 0 Å². The average Bonchev–Trinajstić information content (AvgIpc) is 3.82. The number of rotatable bonds is 12. The molecule has 3 aromatic heterocycles. The summed E-state index contributed by atoms with van der Waals surface area (Å²) >= 11 is 12.8. The van der Waals surface area contributed by atoms with Crippen LogP contribution in [0, 0.1) is 0 Å². The fourth-order valence-corrected chi connectivity index (χ4v) is 8.76. The molecule has 0 atom stereocenters. The van der Waals surface area contributed by atoms with E-state index in [-0.39, 0.29) is 0 Å². The van der Waals surface area contributed by atoms with Crippen molar-refractivity contribution in [1.29, 1.82) is 0 Å². The van der Waals surface area contributed by atoms with Crippen LogP contribution in [0.4, 0.5) is 17.1 Å². The van der Waals surface area contributed by atoms with Crippen LogP contribution in [0.15, 0.2) is 118 Å². The van der Waals surface area contributed by atoms with Gasteiger partial charge in [-0.05, 0) is 122 Å². The standard InChI is InChI=1S/C38H33Br2NS3/c1-2-3-4-5-6-33-21-23-35(42-33)37-25-26-38(44-37)36-24-22-34(43-36)20-9-27-7-14-30(15-8-27)41(31-16-10-28(39)11-17-31)32-18-12-29(40)13-19-32/h7-26H,2-6H2,1H3/b20-9+. The molecule has 0 saturated carbocycles. The van der Waals surface area contributed by atoms with E-state index < -0.39 is 0 Å². The van der Waals surface area contributed by atoms with Crippen LogP contribution in [-0.2, 0) is 6.42 Å². The van der Waals surface area contributed by atoms with E-state index in [1.807, 2.05) is 34.0 Å². The maximum absolute atomic E-state index is 3.57. The number of halogens is 2. The highest BCUT2D eigenvalue weighted by Gasteiger charge is 2.13. The highest BCUT2D eigenvalue weighted by atomic mass is 79.9. The van der Waals surface area contributed by atoms with E-state index >= 15 is 0 Å². The van der Waals surface area contributed by atoms with E-state index in [1.54, 1.807) is 0 Å². The summed E-state index contributed by atoms with van der Waals surface area (Å²) in [5.41, 5.74) is 4.53. The summed E-state index contributed by atoms with van der Waals surface area (Å²) in [5.74, 6) is 0. The zero-order valence-corrected chi connectivity index (χ0v) is 30.1. The molecule has 6 heteroatoms. The zero-order chi connectivity index (χ0) is 30.3. The third-order valence-electron chi connectivity index (χ3n) is 7.42. The van der Waals surface area contributed by atoms with Gasteiger partial charge in [-0.2, -0.15) is 0 Å². The molecule has 0 unspecified atom stereocenters. The molecule has 0 aliphatic carbocycles. The number of aryl methyl sites for hydroxylation is 1. The minimum absolute atomic E-state index is 1.07. The zero-order valence-electron chi connectivity index (χ0n) is 24.5. The Balaban J connectivity index is 1.13. The van der Waals surface area contributed by atoms with Gasteiger partial charge < -0.3 is 4.90 Å². The molecule has 0 N–H and O–H groups in total. The molecule has 0 saturated heterocycles.